The zero-order valence-corrected chi connectivity index (χ0v) is 10.1. The van der Waals surface area contributed by atoms with Crippen LogP contribution in [0.2, 0.25) is 5.28 Å². The lowest BCUT2D eigenvalue weighted by molar-refractivity contribution is 0.901. The number of halogens is 1. The fourth-order valence-electron chi connectivity index (χ4n) is 1.14. The Morgan fingerprint density at radius 2 is 2.33 bits per heavy atom. The molecule has 0 fully saturated rings. The van der Waals surface area contributed by atoms with Crippen LogP contribution in [0.25, 0.3) is 11.2 Å². The van der Waals surface area contributed by atoms with Crippen LogP contribution in [0.15, 0.2) is 11.4 Å². The van der Waals surface area contributed by atoms with Gasteiger partial charge in [0.1, 0.15) is 10.5 Å². The van der Waals surface area contributed by atoms with Crippen molar-refractivity contribution in [3.05, 3.63) is 11.6 Å². The molecular weight excluding hydrogens is 232 g/mol. The molecule has 0 aliphatic heterocycles. The third kappa shape index (κ3) is 2.23. The first-order valence-corrected chi connectivity index (χ1v) is 5.99. The van der Waals surface area contributed by atoms with E-state index in [0.29, 0.717) is 10.9 Å². The van der Waals surface area contributed by atoms with Gasteiger partial charge in [0.05, 0.1) is 6.33 Å². The van der Waals surface area contributed by atoms with Crippen molar-refractivity contribution in [2.24, 2.45) is 0 Å². The van der Waals surface area contributed by atoms with Gasteiger partial charge < -0.3 is 4.98 Å². The second-order valence-electron chi connectivity index (χ2n) is 3.24. The fourth-order valence-corrected chi connectivity index (χ4v) is 2.31. The van der Waals surface area contributed by atoms with Crippen molar-refractivity contribution < 1.29 is 0 Å². The normalized spacial score (nSPS) is 13.3. The molecule has 0 radical (unpaired) electrons. The molecule has 0 spiro atoms. The summed E-state index contributed by atoms with van der Waals surface area (Å²) < 4.78 is 0. The zero-order valence-electron chi connectivity index (χ0n) is 8.49. The van der Waals surface area contributed by atoms with Gasteiger partial charge in [0.2, 0.25) is 5.28 Å². The van der Waals surface area contributed by atoms with Crippen molar-refractivity contribution in [3.63, 3.8) is 0 Å². The van der Waals surface area contributed by atoms with Gasteiger partial charge in [-0.15, -0.1) is 11.8 Å². The number of hydrogen-bond donors (Lipinski definition) is 1. The van der Waals surface area contributed by atoms with Crippen LogP contribution in [0.3, 0.4) is 0 Å². The molecule has 0 aliphatic rings. The second-order valence-corrected chi connectivity index (χ2v) is 5.00. The number of fused-ring (bicyclic) bond motifs is 1. The largest absolute Gasteiger partial charge is 0.341 e. The number of rotatable bonds is 3. The molecule has 0 aliphatic carbocycles. The summed E-state index contributed by atoms with van der Waals surface area (Å²) in [5, 5.41) is 1.62. The first-order chi connectivity index (χ1) is 7.20. The maximum atomic E-state index is 5.82. The number of thioether (sulfide) groups is 1. The molecule has 0 aromatic carbocycles. The second kappa shape index (κ2) is 4.37. The van der Waals surface area contributed by atoms with Gasteiger partial charge >= 0.3 is 0 Å². The maximum Gasteiger partial charge on any atom is 0.225 e. The number of H-pyrrole nitrogens is 1. The van der Waals surface area contributed by atoms with Crippen LogP contribution in [0.4, 0.5) is 0 Å². The lowest BCUT2D eigenvalue weighted by Crippen LogP contribution is -1.96. The van der Waals surface area contributed by atoms with Gasteiger partial charge in [0.15, 0.2) is 5.65 Å². The number of nitrogens with zero attached hydrogens (tertiary/aromatic N) is 3. The first kappa shape index (κ1) is 10.7. The quantitative estimate of drug-likeness (QED) is 0.511. The number of aromatic amines is 1. The van der Waals surface area contributed by atoms with Crippen LogP contribution in [0.1, 0.15) is 20.3 Å². The van der Waals surface area contributed by atoms with Crippen molar-refractivity contribution >= 4 is 34.5 Å². The van der Waals surface area contributed by atoms with E-state index in [0.717, 1.165) is 17.0 Å². The maximum absolute atomic E-state index is 5.82. The summed E-state index contributed by atoms with van der Waals surface area (Å²) in [7, 11) is 0. The molecule has 0 bridgehead atoms. The smallest absolute Gasteiger partial charge is 0.225 e. The number of aromatic nitrogens is 4. The number of imidazole rings is 1. The highest BCUT2D eigenvalue weighted by atomic mass is 35.5. The zero-order chi connectivity index (χ0) is 10.8. The number of hydrogen-bond acceptors (Lipinski definition) is 4. The molecular formula is C9H11ClN4S. The Hall–Kier alpha value is -0.810. The first-order valence-electron chi connectivity index (χ1n) is 4.74. The van der Waals surface area contributed by atoms with Crippen molar-refractivity contribution in [1.82, 2.24) is 19.9 Å². The predicted octanol–water partition coefficient (Wildman–Crippen LogP) is 2.90. The van der Waals surface area contributed by atoms with Gasteiger partial charge in [0, 0.05) is 5.25 Å². The molecule has 80 valence electrons. The molecule has 2 aromatic heterocycles. The predicted molar refractivity (Wildman–Crippen MR) is 62.3 cm³/mol. The van der Waals surface area contributed by atoms with E-state index in [9.17, 15) is 0 Å². The fraction of sp³-hybridized carbons (Fsp3) is 0.444. The lowest BCUT2D eigenvalue weighted by atomic mass is 10.4. The van der Waals surface area contributed by atoms with Crippen LogP contribution in [0, 0.1) is 0 Å². The molecule has 15 heavy (non-hydrogen) atoms. The molecule has 2 rings (SSSR count). The third-order valence-electron chi connectivity index (χ3n) is 2.11. The minimum atomic E-state index is 0.250. The van der Waals surface area contributed by atoms with Crippen molar-refractivity contribution in [2.45, 2.75) is 30.5 Å². The summed E-state index contributed by atoms with van der Waals surface area (Å²) in [5.41, 5.74) is 1.49. The molecule has 0 amide bonds. The van der Waals surface area contributed by atoms with E-state index in [2.05, 4.69) is 33.8 Å². The Labute approximate surface area is 96.9 Å². The van der Waals surface area contributed by atoms with E-state index in [1.807, 2.05) is 0 Å². The topological polar surface area (TPSA) is 54.5 Å². The van der Waals surface area contributed by atoms with Crippen LogP contribution in [-0.2, 0) is 0 Å². The molecule has 6 heteroatoms. The Balaban J connectivity index is 2.44. The van der Waals surface area contributed by atoms with E-state index >= 15 is 0 Å². The molecule has 2 heterocycles. The average Bonchev–Trinajstić information content (AvgIpc) is 2.65. The Morgan fingerprint density at radius 1 is 1.53 bits per heavy atom. The van der Waals surface area contributed by atoms with E-state index in [1.165, 1.54) is 0 Å². The van der Waals surface area contributed by atoms with E-state index in [4.69, 9.17) is 11.6 Å². The Morgan fingerprint density at radius 3 is 3.07 bits per heavy atom. The Bertz CT molecular complexity index is 470. The van der Waals surface area contributed by atoms with Gasteiger partial charge in [0.25, 0.3) is 0 Å². The van der Waals surface area contributed by atoms with Crippen LogP contribution in [-0.4, -0.2) is 25.2 Å². The molecule has 1 atom stereocenters. The third-order valence-corrected chi connectivity index (χ3v) is 3.54. The summed E-state index contributed by atoms with van der Waals surface area (Å²) in [6.07, 6.45) is 2.69. The van der Waals surface area contributed by atoms with E-state index in [-0.39, 0.29) is 5.28 Å². The highest BCUT2D eigenvalue weighted by molar-refractivity contribution is 8.00. The molecule has 1 N–H and O–H groups in total. The van der Waals surface area contributed by atoms with Crippen LogP contribution < -0.4 is 0 Å². The van der Waals surface area contributed by atoms with Crippen molar-refractivity contribution in [3.8, 4) is 0 Å². The molecule has 4 nitrogen and oxygen atoms in total. The minimum Gasteiger partial charge on any atom is -0.341 e. The highest BCUT2D eigenvalue weighted by Crippen LogP contribution is 2.28. The van der Waals surface area contributed by atoms with Gasteiger partial charge in [-0.05, 0) is 18.0 Å². The lowest BCUT2D eigenvalue weighted by Gasteiger charge is -2.07. The summed E-state index contributed by atoms with van der Waals surface area (Å²) in [6.45, 7) is 4.30. The molecule has 0 saturated carbocycles. The standard InChI is InChI=1S/C9H11ClN4S/c1-3-5(2)15-8-6-7(12-4-11-6)13-9(10)14-8/h4-5H,3H2,1-2H3,(H,11,12,13,14). The molecule has 0 saturated heterocycles. The molecule has 2 aromatic rings. The average molecular weight is 243 g/mol. The van der Waals surface area contributed by atoms with Gasteiger partial charge in [-0.2, -0.15) is 4.98 Å². The highest BCUT2D eigenvalue weighted by Gasteiger charge is 2.11. The van der Waals surface area contributed by atoms with Crippen LogP contribution in [0.5, 0.6) is 0 Å². The van der Waals surface area contributed by atoms with E-state index in [1.54, 1.807) is 18.1 Å². The van der Waals surface area contributed by atoms with Crippen molar-refractivity contribution in [2.75, 3.05) is 0 Å². The summed E-state index contributed by atoms with van der Waals surface area (Å²) in [5.74, 6) is 0. The molecule has 1 unspecified atom stereocenters. The number of nitrogens with one attached hydrogen (secondary N) is 1. The van der Waals surface area contributed by atoms with E-state index < -0.39 is 0 Å². The van der Waals surface area contributed by atoms with Gasteiger partial charge in [-0.3, -0.25) is 0 Å². The minimum absolute atomic E-state index is 0.250. The Kier molecular flexibility index (Phi) is 3.11. The van der Waals surface area contributed by atoms with Crippen LogP contribution >= 0.6 is 23.4 Å². The summed E-state index contributed by atoms with van der Waals surface area (Å²) in [4.78, 5) is 15.3. The summed E-state index contributed by atoms with van der Waals surface area (Å²) in [6, 6.07) is 0. The van der Waals surface area contributed by atoms with Crippen molar-refractivity contribution in [1.29, 1.82) is 0 Å². The van der Waals surface area contributed by atoms with Gasteiger partial charge in [-0.25, -0.2) is 9.97 Å². The van der Waals surface area contributed by atoms with Gasteiger partial charge in [-0.1, -0.05) is 13.8 Å². The SMILES string of the molecule is CCC(C)Sc1nc(Cl)nc2nc[nH]c12. The monoisotopic (exact) mass is 242 g/mol. The summed E-state index contributed by atoms with van der Waals surface area (Å²) >= 11 is 7.50.